The third-order valence-corrected chi connectivity index (χ3v) is 3.39. The standard InChI is InChI=1S/C15H17BClNO2/c1-18(10-12-6-8-14(17)9-7-12)11-13-4-2-3-5-15(13)16(19)20/h2-9,19-20H,10-11H2,1H3. The van der Waals surface area contributed by atoms with Crippen LogP contribution in [0.25, 0.3) is 0 Å². The van der Waals surface area contributed by atoms with E-state index in [1.807, 2.05) is 43.4 Å². The maximum atomic E-state index is 9.36. The van der Waals surface area contributed by atoms with Gasteiger partial charge >= 0.3 is 7.12 Å². The van der Waals surface area contributed by atoms with E-state index in [1.54, 1.807) is 12.1 Å². The molecule has 0 amide bonds. The fourth-order valence-corrected chi connectivity index (χ4v) is 2.30. The predicted octanol–water partition coefficient (Wildman–Crippen LogP) is 1.65. The molecule has 2 aromatic carbocycles. The van der Waals surface area contributed by atoms with Gasteiger partial charge in [-0.1, -0.05) is 48.0 Å². The molecule has 0 spiro atoms. The van der Waals surface area contributed by atoms with Crippen LogP contribution in [0.15, 0.2) is 48.5 Å². The Bertz CT molecular complexity index is 560. The van der Waals surface area contributed by atoms with Gasteiger partial charge in [0.1, 0.15) is 0 Å². The van der Waals surface area contributed by atoms with Crippen molar-refractivity contribution in [1.82, 2.24) is 4.90 Å². The molecule has 104 valence electrons. The molecular formula is C15H17BClNO2. The van der Waals surface area contributed by atoms with Crippen LogP contribution >= 0.6 is 11.6 Å². The van der Waals surface area contributed by atoms with Gasteiger partial charge in [0.2, 0.25) is 0 Å². The van der Waals surface area contributed by atoms with Crippen molar-refractivity contribution in [1.29, 1.82) is 0 Å². The van der Waals surface area contributed by atoms with Crippen molar-refractivity contribution in [2.75, 3.05) is 7.05 Å². The van der Waals surface area contributed by atoms with Gasteiger partial charge in [0.05, 0.1) is 0 Å². The van der Waals surface area contributed by atoms with Gasteiger partial charge in [0, 0.05) is 18.1 Å². The molecule has 0 aliphatic heterocycles. The smallest absolute Gasteiger partial charge is 0.423 e. The highest BCUT2D eigenvalue weighted by Gasteiger charge is 2.15. The molecule has 0 saturated carbocycles. The van der Waals surface area contributed by atoms with Crippen LogP contribution in [0.1, 0.15) is 11.1 Å². The number of rotatable bonds is 5. The lowest BCUT2D eigenvalue weighted by molar-refractivity contribution is 0.319. The lowest BCUT2D eigenvalue weighted by Gasteiger charge is -2.19. The van der Waals surface area contributed by atoms with Crippen molar-refractivity contribution < 1.29 is 10.0 Å². The summed E-state index contributed by atoms with van der Waals surface area (Å²) in [6.45, 7) is 1.42. The molecule has 0 atom stereocenters. The maximum Gasteiger partial charge on any atom is 0.488 e. The number of hydrogen-bond acceptors (Lipinski definition) is 3. The summed E-state index contributed by atoms with van der Waals surface area (Å²) in [5.74, 6) is 0. The minimum atomic E-state index is -1.44. The van der Waals surface area contributed by atoms with E-state index in [1.165, 1.54) is 5.56 Å². The first kappa shape index (κ1) is 15.1. The molecule has 0 radical (unpaired) electrons. The monoisotopic (exact) mass is 289 g/mol. The number of halogens is 1. The van der Waals surface area contributed by atoms with Gasteiger partial charge in [0.15, 0.2) is 0 Å². The molecule has 0 aliphatic rings. The Morgan fingerprint density at radius 2 is 1.65 bits per heavy atom. The van der Waals surface area contributed by atoms with Crippen LogP contribution in [0.2, 0.25) is 5.02 Å². The SMILES string of the molecule is CN(Cc1ccc(Cl)cc1)Cc1ccccc1B(O)O. The van der Waals surface area contributed by atoms with E-state index in [9.17, 15) is 10.0 Å². The molecule has 0 bridgehead atoms. The summed E-state index contributed by atoms with van der Waals surface area (Å²) in [5.41, 5.74) is 2.63. The summed E-state index contributed by atoms with van der Waals surface area (Å²) >= 11 is 5.86. The van der Waals surface area contributed by atoms with E-state index in [0.29, 0.717) is 12.0 Å². The van der Waals surface area contributed by atoms with Gasteiger partial charge in [-0.25, -0.2) is 0 Å². The highest BCUT2D eigenvalue weighted by atomic mass is 35.5. The molecule has 2 aromatic rings. The molecule has 0 unspecified atom stereocenters. The first-order chi connectivity index (χ1) is 9.56. The topological polar surface area (TPSA) is 43.7 Å². The highest BCUT2D eigenvalue weighted by Crippen LogP contribution is 2.12. The molecule has 2 rings (SSSR count). The summed E-state index contributed by atoms with van der Waals surface area (Å²) < 4.78 is 0. The van der Waals surface area contributed by atoms with Crippen molar-refractivity contribution in [3.05, 3.63) is 64.7 Å². The first-order valence-corrected chi connectivity index (χ1v) is 6.81. The van der Waals surface area contributed by atoms with E-state index in [-0.39, 0.29) is 0 Å². The average molecular weight is 290 g/mol. The Balaban J connectivity index is 2.04. The molecule has 0 heterocycles. The highest BCUT2D eigenvalue weighted by molar-refractivity contribution is 6.59. The molecule has 5 heteroatoms. The normalized spacial score (nSPS) is 10.8. The quantitative estimate of drug-likeness (QED) is 0.823. The van der Waals surface area contributed by atoms with Crippen molar-refractivity contribution in [2.24, 2.45) is 0 Å². The zero-order valence-corrected chi connectivity index (χ0v) is 12.1. The fraction of sp³-hybridized carbons (Fsp3) is 0.200. The van der Waals surface area contributed by atoms with Gasteiger partial charge in [-0.15, -0.1) is 0 Å². The largest absolute Gasteiger partial charge is 0.488 e. The Labute approximate surface area is 124 Å². The molecule has 0 aromatic heterocycles. The van der Waals surface area contributed by atoms with Crippen LogP contribution in [0.3, 0.4) is 0 Å². The van der Waals surface area contributed by atoms with E-state index in [4.69, 9.17) is 11.6 Å². The Hall–Kier alpha value is -1.33. The minimum absolute atomic E-state index is 0.551. The second-order valence-electron chi connectivity index (χ2n) is 4.87. The molecule has 20 heavy (non-hydrogen) atoms. The van der Waals surface area contributed by atoms with E-state index in [0.717, 1.165) is 17.1 Å². The Morgan fingerprint density at radius 3 is 2.30 bits per heavy atom. The van der Waals surface area contributed by atoms with Crippen LogP contribution in [0, 0.1) is 0 Å². The summed E-state index contributed by atoms with van der Waals surface area (Å²) in [7, 11) is 0.560. The van der Waals surface area contributed by atoms with Gasteiger partial charge < -0.3 is 10.0 Å². The van der Waals surface area contributed by atoms with Crippen LogP contribution in [-0.4, -0.2) is 29.1 Å². The first-order valence-electron chi connectivity index (χ1n) is 6.43. The zero-order chi connectivity index (χ0) is 14.5. The van der Waals surface area contributed by atoms with Crippen LogP contribution in [0.5, 0.6) is 0 Å². The minimum Gasteiger partial charge on any atom is -0.423 e. The average Bonchev–Trinajstić information content (AvgIpc) is 2.41. The molecular weight excluding hydrogens is 272 g/mol. The second-order valence-corrected chi connectivity index (χ2v) is 5.31. The van der Waals surface area contributed by atoms with Crippen LogP contribution in [0.4, 0.5) is 0 Å². The molecule has 3 nitrogen and oxygen atoms in total. The number of benzene rings is 2. The predicted molar refractivity (Wildman–Crippen MR) is 82.9 cm³/mol. The van der Waals surface area contributed by atoms with Crippen LogP contribution < -0.4 is 5.46 Å². The molecule has 0 aliphatic carbocycles. The van der Waals surface area contributed by atoms with Gasteiger partial charge in [0.25, 0.3) is 0 Å². The molecule has 0 saturated heterocycles. The second kappa shape index (κ2) is 6.91. The fourth-order valence-electron chi connectivity index (χ4n) is 2.18. The van der Waals surface area contributed by atoms with Crippen molar-refractivity contribution in [3.63, 3.8) is 0 Å². The third kappa shape index (κ3) is 4.08. The number of nitrogens with zero attached hydrogens (tertiary/aromatic N) is 1. The molecule has 0 fully saturated rings. The summed E-state index contributed by atoms with van der Waals surface area (Å²) in [6, 6.07) is 15.1. The lowest BCUT2D eigenvalue weighted by atomic mass is 9.77. The summed E-state index contributed by atoms with van der Waals surface area (Å²) in [6.07, 6.45) is 0. The maximum absolute atomic E-state index is 9.36. The summed E-state index contributed by atoms with van der Waals surface area (Å²) in [4.78, 5) is 2.12. The third-order valence-electron chi connectivity index (χ3n) is 3.14. The van der Waals surface area contributed by atoms with Crippen molar-refractivity contribution >= 4 is 24.2 Å². The van der Waals surface area contributed by atoms with Crippen LogP contribution in [-0.2, 0) is 13.1 Å². The van der Waals surface area contributed by atoms with Crippen molar-refractivity contribution in [2.45, 2.75) is 13.1 Å². The Kier molecular flexibility index (Phi) is 5.20. The number of hydrogen-bond donors (Lipinski definition) is 2. The van der Waals surface area contributed by atoms with Crippen molar-refractivity contribution in [3.8, 4) is 0 Å². The summed E-state index contributed by atoms with van der Waals surface area (Å²) in [5, 5.41) is 19.4. The van der Waals surface area contributed by atoms with Gasteiger partial charge in [-0.2, -0.15) is 0 Å². The Morgan fingerprint density at radius 1 is 1.00 bits per heavy atom. The lowest BCUT2D eigenvalue weighted by Crippen LogP contribution is -2.34. The van der Waals surface area contributed by atoms with E-state index in [2.05, 4.69) is 4.90 Å². The zero-order valence-electron chi connectivity index (χ0n) is 11.3. The molecule has 2 N–H and O–H groups in total. The van der Waals surface area contributed by atoms with Gasteiger partial charge in [-0.05, 0) is 35.8 Å². The van der Waals surface area contributed by atoms with Gasteiger partial charge in [-0.3, -0.25) is 4.90 Å². The van der Waals surface area contributed by atoms with E-state index >= 15 is 0 Å². The van der Waals surface area contributed by atoms with E-state index < -0.39 is 7.12 Å².